The highest BCUT2D eigenvalue weighted by Crippen LogP contribution is 2.64. The Balaban J connectivity index is 1.56. The minimum absolute atomic E-state index is 0.0342. The maximum absolute atomic E-state index is 14.9. The summed E-state index contributed by atoms with van der Waals surface area (Å²) < 4.78 is 0. The van der Waals surface area contributed by atoms with Gasteiger partial charge in [-0.1, -0.05) is 53.1 Å². The molecule has 6 heteroatoms. The average molecular weight is 508 g/mol. The molecule has 3 heterocycles. The standard InChI is InChI=1S/C32H33N3O3/c1-19-8-13-22(14-9-19)33-26(30(4,5)27(33)36)34-25-17-12-21(3)18-24(25)32(29(34)38)31(6,7)28(37)35(32)23-15-10-20(2)11-16-23/h8-18,26H,1-7H3/t26-,32+/m0/s1. The summed E-state index contributed by atoms with van der Waals surface area (Å²) in [6.07, 6.45) is -0.530. The van der Waals surface area contributed by atoms with Gasteiger partial charge in [0.2, 0.25) is 11.8 Å². The highest BCUT2D eigenvalue weighted by molar-refractivity contribution is 6.25. The topological polar surface area (TPSA) is 60.9 Å². The second-order valence-electron chi connectivity index (χ2n) is 12.1. The predicted molar refractivity (Wildman–Crippen MR) is 149 cm³/mol. The molecule has 3 aromatic rings. The molecule has 3 aliphatic rings. The van der Waals surface area contributed by atoms with Crippen molar-refractivity contribution in [3.63, 3.8) is 0 Å². The fraction of sp³-hybridized carbons (Fsp3) is 0.344. The van der Waals surface area contributed by atoms with Gasteiger partial charge in [-0.2, -0.15) is 0 Å². The van der Waals surface area contributed by atoms with Crippen LogP contribution in [0.1, 0.15) is 49.9 Å². The van der Waals surface area contributed by atoms with Gasteiger partial charge in [-0.05, 0) is 78.8 Å². The van der Waals surface area contributed by atoms with E-state index >= 15 is 0 Å². The highest BCUT2D eigenvalue weighted by atomic mass is 16.2. The second-order valence-corrected chi connectivity index (χ2v) is 12.1. The Morgan fingerprint density at radius 1 is 0.605 bits per heavy atom. The lowest BCUT2D eigenvalue weighted by Gasteiger charge is -2.61. The first kappa shape index (κ1) is 24.4. The summed E-state index contributed by atoms with van der Waals surface area (Å²) in [6.45, 7) is 13.5. The van der Waals surface area contributed by atoms with Crippen LogP contribution in [0.4, 0.5) is 17.1 Å². The SMILES string of the molecule is Cc1ccc(N2C(=O)C(C)(C)[C@@H]2N2C(=O)[C@@]3(c4cc(C)ccc42)N(c2ccc(C)cc2)C(=O)C3(C)C)cc1. The summed E-state index contributed by atoms with van der Waals surface area (Å²) in [4.78, 5) is 47.3. The molecule has 2 atom stereocenters. The molecule has 3 aromatic carbocycles. The summed E-state index contributed by atoms with van der Waals surface area (Å²) >= 11 is 0. The Kier molecular flexibility index (Phi) is 4.86. The molecule has 2 saturated heterocycles. The van der Waals surface area contributed by atoms with E-state index in [9.17, 15) is 14.4 Å². The summed E-state index contributed by atoms with van der Waals surface area (Å²) in [5.41, 5.74) is 3.21. The Bertz CT molecular complexity index is 1520. The van der Waals surface area contributed by atoms with Gasteiger partial charge in [0, 0.05) is 16.9 Å². The molecule has 38 heavy (non-hydrogen) atoms. The van der Waals surface area contributed by atoms with E-state index < -0.39 is 22.5 Å². The molecule has 3 amide bonds. The molecular formula is C32H33N3O3. The van der Waals surface area contributed by atoms with Crippen LogP contribution in [0.2, 0.25) is 0 Å². The van der Waals surface area contributed by atoms with Gasteiger partial charge in [-0.25, -0.2) is 0 Å². The van der Waals surface area contributed by atoms with Gasteiger partial charge in [0.1, 0.15) is 6.17 Å². The van der Waals surface area contributed by atoms with E-state index in [0.717, 1.165) is 33.6 Å². The molecule has 0 radical (unpaired) electrons. The number of nitrogens with zero attached hydrogens (tertiary/aromatic N) is 3. The monoisotopic (exact) mass is 507 g/mol. The first-order chi connectivity index (χ1) is 17.8. The number of carbonyl (C=O) groups is 3. The first-order valence-corrected chi connectivity index (χ1v) is 13.1. The van der Waals surface area contributed by atoms with Crippen molar-refractivity contribution in [3.8, 4) is 0 Å². The lowest BCUT2D eigenvalue weighted by atomic mass is 9.59. The first-order valence-electron chi connectivity index (χ1n) is 13.1. The van der Waals surface area contributed by atoms with E-state index in [1.165, 1.54) is 0 Å². The van der Waals surface area contributed by atoms with Crippen LogP contribution in [0.15, 0.2) is 66.7 Å². The number of aryl methyl sites for hydroxylation is 3. The molecule has 0 bridgehead atoms. The molecule has 0 saturated carbocycles. The van der Waals surface area contributed by atoms with Crippen LogP contribution in [-0.4, -0.2) is 23.9 Å². The van der Waals surface area contributed by atoms with Crippen LogP contribution in [0.5, 0.6) is 0 Å². The van der Waals surface area contributed by atoms with Crippen LogP contribution >= 0.6 is 0 Å². The Morgan fingerprint density at radius 2 is 1.13 bits per heavy atom. The van der Waals surface area contributed by atoms with Gasteiger partial charge in [0.05, 0.1) is 16.5 Å². The van der Waals surface area contributed by atoms with Crippen molar-refractivity contribution in [3.05, 3.63) is 89.0 Å². The van der Waals surface area contributed by atoms with Gasteiger partial charge < -0.3 is 0 Å². The molecule has 3 aliphatic heterocycles. The summed E-state index contributed by atoms with van der Waals surface area (Å²) in [6, 6.07) is 21.5. The largest absolute Gasteiger partial charge is 0.291 e. The Morgan fingerprint density at radius 3 is 1.71 bits per heavy atom. The summed E-state index contributed by atoms with van der Waals surface area (Å²) in [7, 11) is 0. The number of fused-ring (bicyclic) bond motifs is 2. The fourth-order valence-corrected chi connectivity index (χ4v) is 6.62. The number of hydrogen-bond donors (Lipinski definition) is 0. The van der Waals surface area contributed by atoms with E-state index in [1.807, 2.05) is 115 Å². The van der Waals surface area contributed by atoms with E-state index in [1.54, 1.807) is 14.7 Å². The lowest BCUT2D eigenvalue weighted by Crippen LogP contribution is -2.80. The van der Waals surface area contributed by atoms with Crippen LogP contribution < -0.4 is 14.7 Å². The number of amides is 3. The van der Waals surface area contributed by atoms with Crippen molar-refractivity contribution in [2.75, 3.05) is 14.7 Å². The summed E-state index contributed by atoms with van der Waals surface area (Å²) in [5, 5.41) is 0. The lowest BCUT2D eigenvalue weighted by molar-refractivity contribution is -0.154. The van der Waals surface area contributed by atoms with Crippen molar-refractivity contribution in [2.45, 2.75) is 60.2 Å². The molecular weight excluding hydrogens is 474 g/mol. The maximum atomic E-state index is 14.9. The normalized spacial score (nSPS) is 25.0. The zero-order chi connectivity index (χ0) is 27.4. The van der Waals surface area contributed by atoms with Gasteiger partial charge in [0.15, 0.2) is 5.54 Å². The van der Waals surface area contributed by atoms with E-state index in [4.69, 9.17) is 0 Å². The van der Waals surface area contributed by atoms with Gasteiger partial charge in [-0.3, -0.25) is 29.1 Å². The van der Waals surface area contributed by atoms with Crippen LogP contribution in [0.3, 0.4) is 0 Å². The third-order valence-electron chi connectivity index (χ3n) is 8.82. The fourth-order valence-electron chi connectivity index (χ4n) is 6.62. The van der Waals surface area contributed by atoms with Gasteiger partial charge >= 0.3 is 0 Å². The van der Waals surface area contributed by atoms with E-state index in [-0.39, 0.29) is 17.7 Å². The molecule has 2 fully saturated rings. The summed E-state index contributed by atoms with van der Waals surface area (Å²) in [5.74, 6) is -0.303. The molecule has 0 aromatic heterocycles. The third kappa shape index (κ3) is 2.75. The van der Waals surface area contributed by atoms with Crippen molar-refractivity contribution < 1.29 is 14.4 Å². The molecule has 194 valence electrons. The number of anilines is 3. The smallest absolute Gasteiger partial charge is 0.260 e. The van der Waals surface area contributed by atoms with Crippen molar-refractivity contribution in [1.82, 2.24) is 0 Å². The molecule has 6 rings (SSSR count). The van der Waals surface area contributed by atoms with Crippen molar-refractivity contribution in [1.29, 1.82) is 0 Å². The molecule has 0 unspecified atom stereocenters. The molecule has 1 spiro atoms. The quantitative estimate of drug-likeness (QED) is 0.432. The van der Waals surface area contributed by atoms with Crippen molar-refractivity contribution in [2.24, 2.45) is 10.8 Å². The molecule has 0 aliphatic carbocycles. The number of β-lactam (4-membered cyclic amide) rings is 2. The highest BCUT2D eigenvalue weighted by Gasteiger charge is 2.77. The van der Waals surface area contributed by atoms with E-state index in [2.05, 4.69) is 0 Å². The molecule has 6 nitrogen and oxygen atoms in total. The maximum Gasteiger partial charge on any atom is 0.260 e. The van der Waals surface area contributed by atoms with Crippen molar-refractivity contribution >= 4 is 34.8 Å². The van der Waals surface area contributed by atoms with Crippen LogP contribution in [-0.2, 0) is 19.9 Å². The molecule has 0 N–H and O–H groups in total. The van der Waals surface area contributed by atoms with Gasteiger partial charge in [-0.15, -0.1) is 0 Å². The van der Waals surface area contributed by atoms with Crippen LogP contribution in [0.25, 0.3) is 0 Å². The number of carbonyl (C=O) groups excluding carboxylic acids is 3. The number of rotatable bonds is 3. The minimum Gasteiger partial charge on any atom is -0.291 e. The second kappa shape index (κ2) is 7.56. The zero-order valence-corrected chi connectivity index (χ0v) is 23.0. The van der Waals surface area contributed by atoms with Crippen LogP contribution in [0, 0.1) is 31.6 Å². The third-order valence-corrected chi connectivity index (χ3v) is 8.82. The Hall–Kier alpha value is -3.93. The predicted octanol–water partition coefficient (Wildman–Crippen LogP) is 5.63. The number of benzene rings is 3. The zero-order valence-electron chi connectivity index (χ0n) is 23.0. The minimum atomic E-state index is -1.21. The number of hydrogen-bond acceptors (Lipinski definition) is 3. The van der Waals surface area contributed by atoms with E-state index in [0.29, 0.717) is 5.69 Å². The van der Waals surface area contributed by atoms with Gasteiger partial charge in [0.25, 0.3) is 5.91 Å². The average Bonchev–Trinajstić information content (AvgIpc) is 3.13. The Labute approximate surface area is 223 Å².